The molecule has 7 nitrogen and oxygen atoms in total. The second-order valence-electron chi connectivity index (χ2n) is 7.90. The molecule has 4 aromatic rings. The lowest BCUT2D eigenvalue weighted by Crippen LogP contribution is -2.23. The molecule has 1 aromatic heterocycles. The van der Waals surface area contributed by atoms with Crippen molar-refractivity contribution in [1.82, 2.24) is 20.1 Å². The highest BCUT2D eigenvalue weighted by Crippen LogP contribution is 2.26. The van der Waals surface area contributed by atoms with Crippen LogP contribution in [0.15, 0.2) is 78.0 Å². The summed E-state index contributed by atoms with van der Waals surface area (Å²) in [7, 11) is 1.60. The van der Waals surface area contributed by atoms with E-state index in [9.17, 15) is 9.18 Å². The quantitative estimate of drug-likeness (QED) is 0.313. The standard InChI is InChI=1S/C27H24FN5O2S/c1-35-24-8-3-2-7-21(24)17-30-26(34)14-13-25-31-32-27(33(25)23-11-9-22(28)10-12-23)36-18-20-6-4-5-19(15-20)16-29/h2-12,15H,13-14,17-18H2,1H3,(H,30,34). The van der Waals surface area contributed by atoms with E-state index in [0.717, 1.165) is 16.9 Å². The Hall–Kier alpha value is -4.16. The Labute approximate surface area is 212 Å². The molecule has 0 fully saturated rings. The highest BCUT2D eigenvalue weighted by atomic mass is 32.2. The average Bonchev–Trinajstić information content (AvgIpc) is 3.33. The van der Waals surface area contributed by atoms with Crippen LogP contribution >= 0.6 is 11.8 Å². The zero-order chi connectivity index (χ0) is 25.3. The maximum Gasteiger partial charge on any atom is 0.220 e. The molecule has 1 heterocycles. The number of thioether (sulfide) groups is 1. The number of carbonyl (C=O) groups excluding carboxylic acids is 1. The van der Waals surface area contributed by atoms with E-state index >= 15 is 0 Å². The maximum atomic E-state index is 13.6. The molecule has 3 aromatic carbocycles. The molecule has 0 saturated heterocycles. The number of aromatic nitrogens is 3. The van der Waals surface area contributed by atoms with Crippen molar-refractivity contribution >= 4 is 17.7 Å². The summed E-state index contributed by atoms with van der Waals surface area (Å²) in [5.41, 5.74) is 3.17. The van der Waals surface area contributed by atoms with Gasteiger partial charge in [-0.05, 0) is 48.0 Å². The normalized spacial score (nSPS) is 10.6. The third kappa shape index (κ3) is 6.29. The monoisotopic (exact) mass is 501 g/mol. The number of ether oxygens (including phenoxy) is 1. The highest BCUT2D eigenvalue weighted by molar-refractivity contribution is 7.98. The molecule has 0 atom stereocenters. The van der Waals surface area contributed by atoms with Crippen LogP contribution < -0.4 is 10.1 Å². The third-order valence-corrected chi connectivity index (χ3v) is 6.45. The molecular formula is C27H24FN5O2S. The molecule has 9 heteroatoms. The molecule has 1 amide bonds. The SMILES string of the molecule is COc1ccccc1CNC(=O)CCc1nnc(SCc2cccc(C#N)c2)n1-c1ccc(F)cc1. The first-order valence-corrected chi connectivity index (χ1v) is 12.3. The van der Waals surface area contributed by atoms with Crippen molar-refractivity contribution < 1.29 is 13.9 Å². The predicted octanol–water partition coefficient (Wildman–Crippen LogP) is 4.83. The van der Waals surface area contributed by atoms with Crippen molar-refractivity contribution in [3.8, 4) is 17.5 Å². The number of methoxy groups -OCH3 is 1. The second-order valence-corrected chi connectivity index (χ2v) is 8.84. The van der Waals surface area contributed by atoms with Gasteiger partial charge in [0.05, 0.1) is 18.7 Å². The summed E-state index contributed by atoms with van der Waals surface area (Å²) in [5.74, 6) is 1.43. The Morgan fingerprint density at radius 3 is 2.69 bits per heavy atom. The van der Waals surface area contributed by atoms with Crippen LogP contribution in [0.1, 0.15) is 28.9 Å². The van der Waals surface area contributed by atoms with Crippen molar-refractivity contribution in [3.05, 3.63) is 101 Å². The van der Waals surface area contributed by atoms with Gasteiger partial charge in [0.1, 0.15) is 17.4 Å². The van der Waals surface area contributed by atoms with Crippen LogP contribution in [-0.2, 0) is 23.5 Å². The number of aryl methyl sites for hydroxylation is 1. The van der Waals surface area contributed by atoms with Crippen LogP contribution in [0, 0.1) is 17.1 Å². The minimum atomic E-state index is -0.341. The smallest absolute Gasteiger partial charge is 0.220 e. The number of amides is 1. The first-order valence-electron chi connectivity index (χ1n) is 11.3. The van der Waals surface area contributed by atoms with Crippen molar-refractivity contribution in [2.75, 3.05) is 7.11 Å². The number of hydrogen-bond donors (Lipinski definition) is 1. The topological polar surface area (TPSA) is 92.8 Å². The minimum absolute atomic E-state index is 0.128. The van der Waals surface area contributed by atoms with Crippen LogP contribution in [0.4, 0.5) is 4.39 Å². The number of para-hydroxylation sites is 1. The average molecular weight is 502 g/mol. The van der Waals surface area contributed by atoms with Gasteiger partial charge in [-0.2, -0.15) is 5.26 Å². The Balaban J connectivity index is 1.47. The maximum absolute atomic E-state index is 13.6. The number of nitrogens with one attached hydrogen (secondary N) is 1. The molecule has 4 rings (SSSR count). The largest absolute Gasteiger partial charge is 0.496 e. The Kier molecular flexibility index (Phi) is 8.32. The van der Waals surface area contributed by atoms with Crippen molar-refractivity contribution in [2.24, 2.45) is 0 Å². The summed E-state index contributed by atoms with van der Waals surface area (Å²) in [5, 5.41) is 21.3. The third-order valence-electron chi connectivity index (χ3n) is 5.45. The Morgan fingerprint density at radius 1 is 1.11 bits per heavy atom. The number of carbonyl (C=O) groups is 1. The van der Waals surface area contributed by atoms with E-state index in [-0.39, 0.29) is 18.1 Å². The van der Waals surface area contributed by atoms with E-state index in [1.807, 2.05) is 47.0 Å². The van der Waals surface area contributed by atoms with E-state index in [2.05, 4.69) is 21.6 Å². The summed E-state index contributed by atoms with van der Waals surface area (Å²) in [4.78, 5) is 12.6. The Morgan fingerprint density at radius 2 is 1.92 bits per heavy atom. The van der Waals surface area contributed by atoms with Gasteiger partial charge in [-0.1, -0.05) is 42.1 Å². The van der Waals surface area contributed by atoms with E-state index in [1.165, 1.54) is 23.9 Å². The fourth-order valence-corrected chi connectivity index (χ4v) is 4.55. The molecule has 1 N–H and O–H groups in total. The lowest BCUT2D eigenvalue weighted by atomic mass is 10.2. The zero-order valence-electron chi connectivity index (χ0n) is 19.6. The molecule has 0 bridgehead atoms. The summed E-state index contributed by atoms with van der Waals surface area (Å²) >= 11 is 1.46. The molecular weight excluding hydrogens is 477 g/mol. The number of nitrogens with zero attached hydrogens (tertiary/aromatic N) is 4. The molecule has 0 aliphatic heterocycles. The first-order chi connectivity index (χ1) is 17.6. The van der Waals surface area contributed by atoms with Crippen LogP contribution in [0.3, 0.4) is 0 Å². The van der Waals surface area contributed by atoms with Gasteiger partial charge in [0, 0.05) is 36.4 Å². The molecule has 0 saturated carbocycles. The molecule has 0 aliphatic carbocycles. The number of benzene rings is 3. The highest BCUT2D eigenvalue weighted by Gasteiger charge is 2.16. The molecule has 182 valence electrons. The number of hydrogen-bond acceptors (Lipinski definition) is 6. The van der Waals surface area contributed by atoms with E-state index in [4.69, 9.17) is 10.00 Å². The van der Waals surface area contributed by atoms with Crippen molar-refractivity contribution in [1.29, 1.82) is 5.26 Å². The summed E-state index contributed by atoms with van der Waals surface area (Å²) in [6, 6.07) is 23.1. The van der Waals surface area contributed by atoms with Crippen LogP contribution in [-0.4, -0.2) is 27.8 Å². The summed E-state index contributed by atoms with van der Waals surface area (Å²) in [6.45, 7) is 0.358. The zero-order valence-corrected chi connectivity index (χ0v) is 20.5. The second kappa shape index (κ2) is 12.0. The number of nitriles is 1. The fraction of sp³-hybridized carbons (Fsp3) is 0.185. The van der Waals surface area contributed by atoms with Gasteiger partial charge in [0.25, 0.3) is 0 Å². The molecule has 0 unspecified atom stereocenters. The molecule has 0 spiro atoms. The predicted molar refractivity (Wildman–Crippen MR) is 135 cm³/mol. The van der Waals surface area contributed by atoms with Gasteiger partial charge in [0.2, 0.25) is 5.91 Å². The summed E-state index contributed by atoms with van der Waals surface area (Å²) in [6.07, 6.45) is 0.565. The van der Waals surface area contributed by atoms with Gasteiger partial charge in [-0.25, -0.2) is 4.39 Å². The van der Waals surface area contributed by atoms with Crippen LogP contribution in [0.2, 0.25) is 0 Å². The number of rotatable bonds is 10. The lowest BCUT2D eigenvalue weighted by molar-refractivity contribution is -0.121. The minimum Gasteiger partial charge on any atom is -0.496 e. The van der Waals surface area contributed by atoms with Crippen molar-refractivity contribution in [2.45, 2.75) is 30.3 Å². The van der Waals surface area contributed by atoms with E-state index in [0.29, 0.717) is 41.0 Å². The van der Waals surface area contributed by atoms with Crippen LogP contribution in [0.25, 0.3) is 5.69 Å². The van der Waals surface area contributed by atoms with Crippen LogP contribution in [0.5, 0.6) is 5.75 Å². The lowest BCUT2D eigenvalue weighted by Gasteiger charge is -2.11. The van der Waals surface area contributed by atoms with Gasteiger partial charge in [0.15, 0.2) is 5.16 Å². The van der Waals surface area contributed by atoms with Gasteiger partial charge in [-0.15, -0.1) is 10.2 Å². The molecule has 0 radical (unpaired) electrons. The van der Waals surface area contributed by atoms with E-state index in [1.54, 1.807) is 25.3 Å². The van der Waals surface area contributed by atoms with Gasteiger partial charge < -0.3 is 10.1 Å². The summed E-state index contributed by atoms with van der Waals surface area (Å²) < 4.78 is 20.7. The first kappa shape index (κ1) is 24.9. The van der Waals surface area contributed by atoms with E-state index < -0.39 is 0 Å². The fourth-order valence-electron chi connectivity index (χ4n) is 3.64. The molecule has 36 heavy (non-hydrogen) atoms. The van der Waals surface area contributed by atoms with Crippen molar-refractivity contribution in [3.63, 3.8) is 0 Å². The molecule has 0 aliphatic rings. The number of halogens is 1. The van der Waals surface area contributed by atoms with Gasteiger partial charge >= 0.3 is 0 Å². The Bertz CT molecular complexity index is 1380. The van der Waals surface area contributed by atoms with Gasteiger partial charge in [-0.3, -0.25) is 9.36 Å².